The lowest BCUT2D eigenvalue weighted by atomic mass is 10.00. The van der Waals surface area contributed by atoms with Crippen LogP contribution in [0.1, 0.15) is 24.0 Å². The molecule has 2 aliphatic heterocycles. The molecule has 1 saturated heterocycles. The van der Waals surface area contributed by atoms with Crippen LogP contribution in [-0.4, -0.2) is 37.9 Å². The van der Waals surface area contributed by atoms with Gasteiger partial charge < -0.3 is 4.74 Å². The van der Waals surface area contributed by atoms with Crippen LogP contribution in [0.3, 0.4) is 0 Å². The van der Waals surface area contributed by atoms with Gasteiger partial charge in [0.2, 0.25) is 10.0 Å². The molecular weight excluding hydrogens is 421 g/mol. The highest BCUT2D eigenvalue weighted by Crippen LogP contribution is 2.35. The first kappa shape index (κ1) is 20.7. The molecule has 6 nitrogen and oxygen atoms in total. The summed E-state index contributed by atoms with van der Waals surface area (Å²) in [7, 11) is -4.35. The molecule has 2 aromatic rings. The van der Waals surface area contributed by atoms with Crippen LogP contribution in [0.15, 0.2) is 35.2 Å². The van der Waals surface area contributed by atoms with Crippen molar-refractivity contribution in [3.63, 3.8) is 0 Å². The molecule has 2 heterocycles. The minimum Gasteiger partial charge on any atom is -0.444 e. The highest BCUT2D eigenvalue weighted by molar-refractivity contribution is 7.89. The second-order valence-electron chi connectivity index (χ2n) is 7.34. The molecule has 0 N–H and O–H groups in total. The van der Waals surface area contributed by atoms with E-state index in [0.717, 1.165) is 21.1 Å². The molecule has 0 saturated carbocycles. The number of halogens is 3. The summed E-state index contributed by atoms with van der Waals surface area (Å²) in [6, 6.07) is 5.89. The minimum atomic E-state index is -4.35. The minimum absolute atomic E-state index is 0.00354. The highest BCUT2D eigenvalue weighted by atomic mass is 32.2. The first-order chi connectivity index (χ1) is 14.2. The number of rotatable bonds is 3. The molecule has 160 valence electrons. The predicted octanol–water partition coefficient (Wildman–Crippen LogP) is 3.72. The number of ether oxygens (including phenoxy) is 1. The van der Waals surface area contributed by atoms with Gasteiger partial charge in [0.15, 0.2) is 11.6 Å². The van der Waals surface area contributed by atoms with Crippen LogP contribution in [0.25, 0.3) is 0 Å². The summed E-state index contributed by atoms with van der Waals surface area (Å²) in [6.45, 7) is 2.05. The summed E-state index contributed by atoms with van der Waals surface area (Å²) in [6.07, 6.45) is 0.0746. The largest absolute Gasteiger partial charge is 0.444 e. The van der Waals surface area contributed by atoms with Gasteiger partial charge in [-0.25, -0.2) is 26.4 Å². The van der Waals surface area contributed by atoms with Crippen molar-refractivity contribution >= 4 is 21.8 Å². The van der Waals surface area contributed by atoms with Crippen molar-refractivity contribution in [3.05, 3.63) is 58.9 Å². The normalized spacial score (nSPS) is 18.3. The molecule has 0 aromatic heterocycles. The summed E-state index contributed by atoms with van der Waals surface area (Å²) >= 11 is 0. The number of para-hydroxylation sites is 1. The van der Waals surface area contributed by atoms with E-state index in [0.29, 0.717) is 6.07 Å². The number of benzene rings is 2. The Labute approximate surface area is 171 Å². The maximum Gasteiger partial charge on any atom is 0.414 e. The third kappa shape index (κ3) is 3.43. The second-order valence-corrected chi connectivity index (χ2v) is 9.25. The van der Waals surface area contributed by atoms with E-state index in [2.05, 4.69) is 0 Å². The van der Waals surface area contributed by atoms with E-state index in [4.69, 9.17) is 4.74 Å². The number of hydrogen-bond acceptors (Lipinski definition) is 4. The van der Waals surface area contributed by atoms with Gasteiger partial charge in [-0.05, 0) is 31.4 Å². The summed E-state index contributed by atoms with van der Waals surface area (Å²) in [5, 5.41) is 0. The topological polar surface area (TPSA) is 66.9 Å². The molecule has 4 rings (SSSR count). The monoisotopic (exact) mass is 440 g/mol. The number of carbonyl (C=O) groups is 1. The molecule has 0 spiro atoms. The number of nitrogens with zero attached hydrogens (tertiary/aromatic N) is 2. The van der Waals surface area contributed by atoms with Crippen LogP contribution in [-0.2, 0) is 21.4 Å². The Balaban J connectivity index is 1.57. The van der Waals surface area contributed by atoms with Crippen molar-refractivity contribution in [1.82, 2.24) is 4.31 Å². The molecule has 0 radical (unpaired) electrons. The van der Waals surface area contributed by atoms with Gasteiger partial charge in [-0.1, -0.05) is 18.2 Å². The number of sulfonamides is 1. The number of fused-ring (bicyclic) bond motifs is 1. The van der Waals surface area contributed by atoms with E-state index < -0.39 is 38.5 Å². The van der Waals surface area contributed by atoms with Crippen LogP contribution in [0.2, 0.25) is 0 Å². The van der Waals surface area contributed by atoms with Gasteiger partial charge in [0.05, 0.1) is 5.69 Å². The first-order valence-electron chi connectivity index (χ1n) is 9.39. The van der Waals surface area contributed by atoms with Crippen molar-refractivity contribution < 1.29 is 31.1 Å². The fraction of sp³-hybridized carbons (Fsp3) is 0.350. The van der Waals surface area contributed by atoms with Gasteiger partial charge in [-0.2, -0.15) is 4.31 Å². The first-order valence-corrected chi connectivity index (χ1v) is 10.8. The maximum absolute atomic E-state index is 14.0. The summed E-state index contributed by atoms with van der Waals surface area (Å²) in [5.41, 5.74) is 2.54. The lowest BCUT2D eigenvalue weighted by Gasteiger charge is -2.40. The number of anilines is 1. The zero-order valence-electron chi connectivity index (χ0n) is 16.1. The van der Waals surface area contributed by atoms with Crippen molar-refractivity contribution in [3.8, 4) is 0 Å². The van der Waals surface area contributed by atoms with Crippen LogP contribution in [0, 0.1) is 24.4 Å². The Hall–Kier alpha value is -2.59. The Morgan fingerprint density at radius 1 is 1.03 bits per heavy atom. The quantitative estimate of drug-likeness (QED) is 0.683. The highest BCUT2D eigenvalue weighted by Gasteiger charge is 2.38. The average Bonchev–Trinajstić information content (AvgIpc) is 2.71. The molecule has 0 atom stereocenters. The van der Waals surface area contributed by atoms with Gasteiger partial charge in [0, 0.05) is 30.8 Å². The van der Waals surface area contributed by atoms with E-state index in [9.17, 15) is 26.4 Å². The number of carbonyl (C=O) groups excluding carboxylic acids is 1. The molecule has 0 bridgehead atoms. The van der Waals surface area contributed by atoms with Crippen LogP contribution in [0.5, 0.6) is 0 Å². The fourth-order valence-corrected chi connectivity index (χ4v) is 5.52. The smallest absolute Gasteiger partial charge is 0.414 e. The molecule has 10 heteroatoms. The summed E-state index contributed by atoms with van der Waals surface area (Å²) in [5.74, 6) is -4.24. The third-order valence-electron chi connectivity index (χ3n) is 5.49. The SMILES string of the molecule is Cc1cccc2c1N(C1CCN(S(=O)(=O)c3cc(F)c(F)cc3F)CC1)C(=O)OC2. The van der Waals surface area contributed by atoms with Crippen molar-refractivity contribution in [1.29, 1.82) is 0 Å². The lowest BCUT2D eigenvalue weighted by molar-refractivity contribution is 0.135. The maximum atomic E-state index is 14.0. The summed E-state index contributed by atoms with van der Waals surface area (Å²) in [4.78, 5) is 13.1. The van der Waals surface area contributed by atoms with Crippen molar-refractivity contribution in [2.75, 3.05) is 18.0 Å². The molecular formula is C20H19F3N2O4S. The molecule has 2 aliphatic rings. The third-order valence-corrected chi connectivity index (χ3v) is 7.40. The lowest BCUT2D eigenvalue weighted by Crippen LogP contribution is -2.50. The molecule has 30 heavy (non-hydrogen) atoms. The van der Waals surface area contributed by atoms with Gasteiger partial charge >= 0.3 is 6.09 Å². The van der Waals surface area contributed by atoms with Gasteiger partial charge in [0.25, 0.3) is 0 Å². The molecule has 0 unspecified atom stereocenters. The van der Waals surface area contributed by atoms with E-state index in [1.807, 2.05) is 25.1 Å². The van der Waals surface area contributed by atoms with E-state index in [1.165, 1.54) is 0 Å². The molecule has 1 fully saturated rings. The Morgan fingerprint density at radius 2 is 1.70 bits per heavy atom. The number of piperidine rings is 1. The Morgan fingerprint density at radius 3 is 2.40 bits per heavy atom. The molecule has 1 amide bonds. The van der Waals surface area contributed by atoms with Gasteiger partial charge in [0.1, 0.15) is 17.3 Å². The Bertz CT molecular complexity index is 1120. The number of aryl methyl sites for hydroxylation is 1. The Kier molecular flexibility index (Phi) is 5.23. The van der Waals surface area contributed by atoms with Gasteiger partial charge in [-0.15, -0.1) is 0 Å². The second kappa shape index (κ2) is 7.59. The van der Waals surface area contributed by atoms with E-state index >= 15 is 0 Å². The molecule has 0 aliphatic carbocycles. The number of hydrogen-bond donors (Lipinski definition) is 0. The van der Waals surface area contributed by atoms with Gasteiger partial charge in [-0.3, -0.25) is 4.90 Å². The zero-order valence-corrected chi connectivity index (χ0v) is 16.9. The molecule has 2 aromatic carbocycles. The van der Waals surface area contributed by atoms with Crippen molar-refractivity contribution in [2.45, 2.75) is 37.3 Å². The van der Waals surface area contributed by atoms with Crippen molar-refractivity contribution in [2.24, 2.45) is 0 Å². The predicted molar refractivity (Wildman–Crippen MR) is 102 cm³/mol. The van der Waals surface area contributed by atoms with E-state index in [-0.39, 0.29) is 44.6 Å². The van der Waals surface area contributed by atoms with Crippen LogP contribution in [0.4, 0.5) is 23.7 Å². The average molecular weight is 440 g/mol. The number of amides is 1. The summed E-state index contributed by atoms with van der Waals surface area (Å²) < 4.78 is 72.5. The van der Waals surface area contributed by atoms with Crippen LogP contribution >= 0.6 is 0 Å². The standard InChI is InChI=1S/C20H19F3N2O4S/c1-12-3-2-4-13-11-29-20(26)25(19(12)13)14-5-7-24(8-6-14)30(27,28)18-10-16(22)15(21)9-17(18)23/h2-4,9-10,14H,5-8,11H2,1H3. The van der Waals surface area contributed by atoms with Crippen LogP contribution < -0.4 is 4.90 Å². The fourth-order valence-electron chi connectivity index (χ4n) is 3.99. The number of cyclic esters (lactones) is 1. The zero-order chi connectivity index (χ0) is 21.6. The van der Waals surface area contributed by atoms with E-state index in [1.54, 1.807) is 4.90 Å².